The molecule has 3 rings (SSSR count). The molecule has 0 atom stereocenters. The van der Waals surface area contributed by atoms with Crippen molar-refractivity contribution in [2.24, 2.45) is 7.05 Å². The number of imidazole rings is 1. The standard InChI is InChI=1S/C22H32Cl2N4O3.ClH/c1-26-20-6-5-18(28(9-7-23)10-8-24)17-19(20)25-21(26)3-2-4-22(29)31-16-13-27-11-14-30-15-12-27;/h5-6,17H,2-4,7-16H2,1H3;1H. The van der Waals surface area contributed by atoms with E-state index in [-0.39, 0.29) is 18.4 Å². The number of benzene rings is 1. The summed E-state index contributed by atoms with van der Waals surface area (Å²) >= 11 is 11.9. The highest BCUT2D eigenvalue weighted by molar-refractivity contribution is 6.18. The molecule has 1 fully saturated rings. The van der Waals surface area contributed by atoms with Gasteiger partial charge in [-0.1, -0.05) is 0 Å². The Morgan fingerprint density at radius 2 is 1.94 bits per heavy atom. The summed E-state index contributed by atoms with van der Waals surface area (Å²) in [5.41, 5.74) is 3.09. The van der Waals surface area contributed by atoms with Crippen LogP contribution in [0.25, 0.3) is 11.0 Å². The average Bonchev–Trinajstić information content (AvgIpc) is 3.09. The number of morpholine rings is 1. The second-order valence-corrected chi connectivity index (χ2v) is 8.41. The van der Waals surface area contributed by atoms with Crippen LogP contribution in [0.1, 0.15) is 18.7 Å². The van der Waals surface area contributed by atoms with Crippen molar-refractivity contribution in [2.45, 2.75) is 19.3 Å². The summed E-state index contributed by atoms with van der Waals surface area (Å²) < 4.78 is 12.8. The Hall–Kier alpha value is -1.25. The first-order valence-corrected chi connectivity index (χ1v) is 12.0. The van der Waals surface area contributed by atoms with Crippen molar-refractivity contribution in [1.82, 2.24) is 14.5 Å². The molecule has 0 unspecified atom stereocenters. The monoisotopic (exact) mass is 506 g/mol. The van der Waals surface area contributed by atoms with Gasteiger partial charge in [0.2, 0.25) is 0 Å². The van der Waals surface area contributed by atoms with E-state index in [1.54, 1.807) is 0 Å². The lowest BCUT2D eigenvalue weighted by Crippen LogP contribution is -2.38. The second-order valence-electron chi connectivity index (χ2n) is 7.65. The van der Waals surface area contributed by atoms with Crippen LogP contribution in [0.15, 0.2) is 18.2 Å². The number of esters is 1. The molecule has 0 N–H and O–H groups in total. The molecule has 0 bridgehead atoms. The van der Waals surface area contributed by atoms with E-state index in [9.17, 15) is 4.79 Å². The molecule has 2 aromatic rings. The van der Waals surface area contributed by atoms with Crippen molar-refractivity contribution in [3.05, 3.63) is 24.0 Å². The maximum absolute atomic E-state index is 12.1. The first kappa shape index (κ1) is 27.0. The number of hydrogen-bond donors (Lipinski definition) is 0. The summed E-state index contributed by atoms with van der Waals surface area (Å²) in [6.07, 6.45) is 1.84. The Balaban J connectivity index is 0.00000363. The van der Waals surface area contributed by atoms with E-state index >= 15 is 0 Å². The molecular weight excluding hydrogens is 475 g/mol. The fourth-order valence-electron chi connectivity index (χ4n) is 3.81. The zero-order valence-electron chi connectivity index (χ0n) is 18.6. The summed E-state index contributed by atoms with van der Waals surface area (Å²) in [6.45, 7) is 6.01. The number of carbonyl (C=O) groups is 1. The predicted molar refractivity (Wildman–Crippen MR) is 133 cm³/mol. The molecule has 180 valence electrons. The molecular formula is C22H33Cl3N4O3. The van der Waals surface area contributed by atoms with Crippen LogP contribution in [0.5, 0.6) is 0 Å². The number of hydrogen-bond acceptors (Lipinski definition) is 6. The molecule has 0 radical (unpaired) electrons. The van der Waals surface area contributed by atoms with Crippen molar-refractivity contribution < 1.29 is 14.3 Å². The van der Waals surface area contributed by atoms with E-state index in [1.807, 2.05) is 7.05 Å². The normalized spacial score (nSPS) is 14.3. The minimum atomic E-state index is -0.146. The number of alkyl halides is 2. The Morgan fingerprint density at radius 1 is 1.22 bits per heavy atom. The van der Waals surface area contributed by atoms with Crippen molar-refractivity contribution in [1.29, 1.82) is 0 Å². The number of halogens is 3. The summed E-state index contributed by atoms with van der Waals surface area (Å²) in [4.78, 5) is 21.3. The zero-order chi connectivity index (χ0) is 22.1. The number of fused-ring (bicyclic) bond motifs is 1. The minimum absolute atomic E-state index is 0. The maximum atomic E-state index is 12.1. The van der Waals surface area contributed by atoms with E-state index in [1.165, 1.54) is 0 Å². The zero-order valence-corrected chi connectivity index (χ0v) is 20.9. The Kier molecular flexibility index (Phi) is 11.9. The van der Waals surface area contributed by atoms with E-state index in [0.29, 0.717) is 31.2 Å². The third-order valence-corrected chi connectivity index (χ3v) is 5.92. The number of rotatable bonds is 12. The lowest BCUT2D eigenvalue weighted by atomic mass is 10.2. The lowest BCUT2D eigenvalue weighted by Gasteiger charge is -2.26. The first-order chi connectivity index (χ1) is 15.1. The molecule has 1 aromatic heterocycles. The fraction of sp³-hybridized carbons (Fsp3) is 0.636. The highest BCUT2D eigenvalue weighted by atomic mass is 35.5. The molecule has 0 spiro atoms. The van der Waals surface area contributed by atoms with E-state index in [4.69, 9.17) is 37.7 Å². The quantitative estimate of drug-likeness (QED) is 0.324. The molecule has 1 aliphatic rings. The van der Waals surface area contributed by atoms with E-state index in [2.05, 4.69) is 32.6 Å². The summed E-state index contributed by atoms with van der Waals surface area (Å²) in [6, 6.07) is 6.24. The second kappa shape index (κ2) is 14.1. The summed E-state index contributed by atoms with van der Waals surface area (Å²) in [5.74, 6) is 1.91. The van der Waals surface area contributed by atoms with E-state index < -0.39 is 0 Å². The molecule has 0 aliphatic carbocycles. The van der Waals surface area contributed by atoms with Crippen molar-refractivity contribution in [3.63, 3.8) is 0 Å². The van der Waals surface area contributed by atoms with Crippen molar-refractivity contribution >= 4 is 58.3 Å². The van der Waals surface area contributed by atoms with Crippen molar-refractivity contribution in [3.8, 4) is 0 Å². The molecule has 10 heteroatoms. The molecule has 1 aromatic carbocycles. The SMILES string of the molecule is Cl.Cn1c(CCCC(=O)OCCN2CCOCC2)nc2cc(N(CCCl)CCCl)ccc21. The van der Waals surface area contributed by atoms with Crippen LogP contribution in [0, 0.1) is 0 Å². The molecule has 0 saturated carbocycles. The Labute approximate surface area is 206 Å². The van der Waals surface area contributed by atoms with Crippen LogP contribution in [0.2, 0.25) is 0 Å². The van der Waals surface area contributed by atoms with Gasteiger partial charge >= 0.3 is 5.97 Å². The van der Waals surface area contributed by atoms with Crippen LogP contribution in [-0.2, 0) is 27.7 Å². The predicted octanol–water partition coefficient (Wildman–Crippen LogP) is 3.48. The number of nitrogens with zero attached hydrogens (tertiary/aromatic N) is 4. The molecule has 2 heterocycles. The highest BCUT2D eigenvalue weighted by Crippen LogP contribution is 2.23. The van der Waals surface area contributed by atoms with Gasteiger partial charge in [-0.2, -0.15) is 0 Å². The van der Waals surface area contributed by atoms with Crippen LogP contribution < -0.4 is 4.90 Å². The minimum Gasteiger partial charge on any atom is -0.464 e. The third-order valence-electron chi connectivity index (χ3n) is 5.59. The first-order valence-electron chi connectivity index (χ1n) is 10.9. The summed E-state index contributed by atoms with van der Waals surface area (Å²) in [5, 5.41) is 0. The maximum Gasteiger partial charge on any atom is 0.305 e. The van der Waals surface area contributed by atoms with Crippen LogP contribution in [0.4, 0.5) is 5.69 Å². The number of aromatic nitrogens is 2. The van der Waals surface area contributed by atoms with Gasteiger partial charge in [0.05, 0.1) is 24.2 Å². The fourth-order valence-corrected chi connectivity index (χ4v) is 4.22. The van der Waals surface area contributed by atoms with Crippen molar-refractivity contribution in [2.75, 3.05) is 69.2 Å². The van der Waals surface area contributed by atoms with Gasteiger partial charge in [-0.05, 0) is 24.6 Å². The van der Waals surface area contributed by atoms with Gasteiger partial charge < -0.3 is 18.9 Å². The van der Waals surface area contributed by atoms with Gasteiger partial charge in [-0.3, -0.25) is 9.69 Å². The largest absolute Gasteiger partial charge is 0.464 e. The number of carbonyl (C=O) groups excluding carboxylic acids is 1. The van der Waals surface area contributed by atoms with E-state index in [0.717, 1.165) is 74.9 Å². The van der Waals surface area contributed by atoms with Crippen LogP contribution in [0.3, 0.4) is 0 Å². The number of aryl methyl sites for hydroxylation is 2. The molecule has 1 aliphatic heterocycles. The van der Waals surface area contributed by atoms with Gasteiger partial charge in [-0.25, -0.2) is 4.98 Å². The van der Waals surface area contributed by atoms with Gasteiger partial charge in [0.15, 0.2) is 0 Å². The number of anilines is 1. The average molecular weight is 508 g/mol. The van der Waals surface area contributed by atoms with Gasteiger partial charge in [-0.15, -0.1) is 35.6 Å². The van der Waals surface area contributed by atoms with Crippen LogP contribution >= 0.6 is 35.6 Å². The van der Waals surface area contributed by atoms with Crippen LogP contribution in [-0.4, -0.2) is 84.7 Å². The third kappa shape index (κ3) is 7.66. The van der Waals surface area contributed by atoms with Gasteiger partial charge in [0.1, 0.15) is 12.4 Å². The lowest BCUT2D eigenvalue weighted by molar-refractivity contribution is -0.144. The summed E-state index contributed by atoms with van der Waals surface area (Å²) in [7, 11) is 2.01. The Morgan fingerprint density at radius 3 is 2.62 bits per heavy atom. The Bertz CT molecular complexity index is 837. The number of ether oxygens (including phenoxy) is 2. The topological polar surface area (TPSA) is 59.8 Å². The molecule has 32 heavy (non-hydrogen) atoms. The highest BCUT2D eigenvalue weighted by Gasteiger charge is 2.13. The molecule has 1 saturated heterocycles. The smallest absolute Gasteiger partial charge is 0.305 e. The molecule has 7 nitrogen and oxygen atoms in total. The molecule has 0 amide bonds. The van der Waals surface area contributed by atoms with Gasteiger partial charge in [0, 0.05) is 70.1 Å². The van der Waals surface area contributed by atoms with Gasteiger partial charge in [0.25, 0.3) is 0 Å².